The normalized spacial score (nSPS) is 20.9. The van der Waals surface area contributed by atoms with E-state index in [2.05, 4.69) is 24.5 Å². The second-order valence-corrected chi connectivity index (χ2v) is 3.75. The van der Waals surface area contributed by atoms with Gasteiger partial charge in [-0.1, -0.05) is 17.7 Å². The number of ether oxygens (including phenoxy) is 1. The Morgan fingerprint density at radius 3 is 3.14 bits per heavy atom. The van der Waals surface area contributed by atoms with Crippen molar-refractivity contribution in [3.63, 3.8) is 0 Å². The summed E-state index contributed by atoms with van der Waals surface area (Å²) < 4.78 is 5.64. The van der Waals surface area contributed by atoms with E-state index < -0.39 is 0 Å². The van der Waals surface area contributed by atoms with Crippen LogP contribution in [0.3, 0.4) is 0 Å². The lowest BCUT2D eigenvalue weighted by atomic mass is 10.0. The molecular weight excluding hydrogens is 176 g/mol. The molecule has 1 aromatic carbocycles. The maximum absolute atomic E-state index is 5.64. The summed E-state index contributed by atoms with van der Waals surface area (Å²) >= 11 is 0. The summed E-state index contributed by atoms with van der Waals surface area (Å²) in [5.41, 5.74) is 5.28. The lowest BCUT2D eigenvalue weighted by molar-refractivity contribution is 0.315. The molecule has 0 radical (unpaired) electrons. The van der Waals surface area contributed by atoms with Crippen molar-refractivity contribution in [2.45, 2.75) is 25.8 Å². The third-order valence-electron chi connectivity index (χ3n) is 2.64. The predicted molar refractivity (Wildman–Crippen MR) is 56.0 cm³/mol. The van der Waals surface area contributed by atoms with Crippen LogP contribution in [0.1, 0.15) is 30.0 Å². The van der Waals surface area contributed by atoms with Crippen molar-refractivity contribution in [1.29, 1.82) is 0 Å². The molecule has 1 atom stereocenters. The number of hydrogen-bond donors (Lipinski definition) is 2. The van der Waals surface area contributed by atoms with Gasteiger partial charge in [-0.25, -0.2) is 0 Å². The minimum atomic E-state index is 0.229. The number of hydrogen-bond acceptors (Lipinski definition) is 3. The van der Waals surface area contributed by atoms with E-state index >= 15 is 0 Å². The molecule has 0 bridgehead atoms. The molecule has 3 N–H and O–H groups in total. The number of fused-ring (bicyclic) bond motifs is 1. The van der Waals surface area contributed by atoms with E-state index in [1.165, 1.54) is 11.1 Å². The third kappa shape index (κ3) is 1.74. The molecular formula is C11H16N2O. The standard InChI is InChI=1S/C11H16N2O/c1-8-4-5-11-9(7-8)10(13-12)3-2-6-14-11/h4-5,7,10,13H,2-3,6,12H2,1H3. The van der Waals surface area contributed by atoms with Crippen LogP contribution in [0.25, 0.3) is 0 Å². The predicted octanol–water partition coefficient (Wildman–Crippen LogP) is 1.67. The second-order valence-electron chi connectivity index (χ2n) is 3.75. The monoisotopic (exact) mass is 192 g/mol. The quantitative estimate of drug-likeness (QED) is 0.525. The average Bonchev–Trinajstić information content (AvgIpc) is 2.39. The van der Waals surface area contributed by atoms with Gasteiger partial charge in [-0.3, -0.25) is 11.3 Å². The summed E-state index contributed by atoms with van der Waals surface area (Å²) in [7, 11) is 0. The maximum atomic E-state index is 5.64. The number of hydrazine groups is 1. The van der Waals surface area contributed by atoms with Crippen molar-refractivity contribution >= 4 is 0 Å². The first-order valence-electron chi connectivity index (χ1n) is 5.01. The topological polar surface area (TPSA) is 47.3 Å². The zero-order valence-corrected chi connectivity index (χ0v) is 8.42. The van der Waals surface area contributed by atoms with E-state index in [0.29, 0.717) is 0 Å². The third-order valence-corrected chi connectivity index (χ3v) is 2.64. The van der Waals surface area contributed by atoms with Crippen molar-refractivity contribution in [3.8, 4) is 5.75 Å². The highest BCUT2D eigenvalue weighted by molar-refractivity contribution is 5.39. The Morgan fingerprint density at radius 2 is 2.36 bits per heavy atom. The Bertz CT molecular complexity index is 325. The largest absolute Gasteiger partial charge is 0.493 e. The fourth-order valence-corrected chi connectivity index (χ4v) is 1.87. The zero-order chi connectivity index (χ0) is 9.97. The number of benzene rings is 1. The second kappa shape index (κ2) is 3.98. The molecule has 1 aliphatic rings. The molecule has 2 rings (SSSR count). The molecule has 76 valence electrons. The molecule has 0 amide bonds. The van der Waals surface area contributed by atoms with Crippen LogP contribution in [0.5, 0.6) is 5.75 Å². The first kappa shape index (κ1) is 9.49. The van der Waals surface area contributed by atoms with E-state index in [4.69, 9.17) is 10.6 Å². The summed E-state index contributed by atoms with van der Waals surface area (Å²) in [4.78, 5) is 0. The molecule has 1 aliphatic heterocycles. The fraction of sp³-hybridized carbons (Fsp3) is 0.455. The molecule has 0 spiro atoms. The van der Waals surface area contributed by atoms with Crippen LogP contribution in [0.2, 0.25) is 0 Å². The molecule has 1 aromatic rings. The minimum absolute atomic E-state index is 0.229. The lowest BCUT2D eigenvalue weighted by Crippen LogP contribution is -2.27. The zero-order valence-electron chi connectivity index (χ0n) is 8.42. The summed E-state index contributed by atoms with van der Waals surface area (Å²) in [5.74, 6) is 6.50. The fourth-order valence-electron chi connectivity index (χ4n) is 1.87. The van der Waals surface area contributed by atoms with Crippen molar-refractivity contribution in [1.82, 2.24) is 5.43 Å². The van der Waals surface area contributed by atoms with E-state index in [0.717, 1.165) is 25.2 Å². The molecule has 14 heavy (non-hydrogen) atoms. The van der Waals surface area contributed by atoms with Gasteiger partial charge in [0.2, 0.25) is 0 Å². The smallest absolute Gasteiger partial charge is 0.124 e. The molecule has 1 unspecified atom stereocenters. The number of nitrogens with one attached hydrogen (secondary N) is 1. The van der Waals surface area contributed by atoms with Gasteiger partial charge in [0, 0.05) is 11.6 Å². The lowest BCUT2D eigenvalue weighted by Gasteiger charge is -2.15. The molecule has 3 nitrogen and oxygen atoms in total. The molecule has 0 aliphatic carbocycles. The van der Waals surface area contributed by atoms with E-state index in [9.17, 15) is 0 Å². The number of nitrogens with two attached hydrogens (primary N) is 1. The highest BCUT2D eigenvalue weighted by atomic mass is 16.5. The van der Waals surface area contributed by atoms with Crippen molar-refractivity contribution < 1.29 is 4.74 Å². The van der Waals surface area contributed by atoms with Gasteiger partial charge >= 0.3 is 0 Å². The van der Waals surface area contributed by atoms with Crippen LogP contribution in [0.4, 0.5) is 0 Å². The first-order chi connectivity index (χ1) is 6.81. The minimum Gasteiger partial charge on any atom is -0.493 e. The van der Waals surface area contributed by atoms with Gasteiger partial charge in [-0.2, -0.15) is 0 Å². The highest BCUT2D eigenvalue weighted by Crippen LogP contribution is 2.31. The highest BCUT2D eigenvalue weighted by Gasteiger charge is 2.18. The van der Waals surface area contributed by atoms with Crippen molar-refractivity contribution in [2.24, 2.45) is 5.84 Å². The van der Waals surface area contributed by atoms with Crippen molar-refractivity contribution in [2.75, 3.05) is 6.61 Å². The Balaban J connectivity index is 2.40. The Hall–Kier alpha value is -1.06. The molecule has 3 heteroatoms. The van der Waals surface area contributed by atoms with Gasteiger partial charge < -0.3 is 4.74 Å². The van der Waals surface area contributed by atoms with Crippen LogP contribution in [-0.2, 0) is 0 Å². The van der Waals surface area contributed by atoms with Gasteiger partial charge in [0.1, 0.15) is 5.75 Å². The van der Waals surface area contributed by atoms with Crippen LogP contribution in [0.15, 0.2) is 18.2 Å². The summed E-state index contributed by atoms with van der Waals surface area (Å²) in [6, 6.07) is 6.47. The molecule has 0 aromatic heterocycles. The molecule has 0 saturated carbocycles. The van der Waals surface area contributed by atoms with E-state index in [1.54, 1.807) is 0 Å². The Morgan fingerprint density at radius 1 is 1.50 bits per heavy atom. The summed E-state index contributed by atoms with van der Waals surface area (Å²) in [6.07, 6.45) is 2.08. The van der Waals surface area contributed by atoms with Crippen LogP contribution >= 0.6 is 0 Å². The first-order valence-corrected chi connectivity index (χ1v) is 5.01. The molecule has 0 fully saturated rings. The van der Waals surface area contributed by atoms with Gasteiger partial charge in [-0.05, 0) is 25.8 Å². The van der Waals surface area contributed by atoms with Crippen LogP contribution < -0.4 is 16.0 Å². The summed E-state index contributed by atoms with van der Waals surface area (Å²) in [5, 5.41) is 0. The Labute approximate surface area is 84.2 Å². The number of rotatable bonds is 1. The van der Waals surface area contributed by atoms with Crippen molar-refractivity contribution in [3.05, 3.63) is 29.3 Å². The van der Waals surface area contributed by atoms with E-state index in [-0.39, 0.29) is 6.04 Å². The molecule has 1 heterocycles. The van der Waals surface area contributed by atoms with Gasteiger partial charge in [-0.15, -0.1) is 0 Å². The van der Waals surface area contributed by atoms with Gasteiger partial charge in [0.05, 0.1) is 6.61 Å². The average molecular weight is 192 g/mol. The molecule has 0 saturated heterocycles. The van der Waals surface area contributed by atoms with Gasteiger partial charge in [0.15, 0.2) is 0 Å². The number of aryl methyl sites for hydroxylation is 1. The Kier molecular flexibility index (Phi) is 2.70. The maximum Gasteiger partial charge on any atom is 0.124 e. The van der Waals surface area contributed by atoms with Crippen LogP contribution in [-0.4, -0.2) is 6.61 Å². The van der Waals surface area contributed by atoms with Gasteiger partial charge in [0.25, 0.3) is 0 Å². The SMILES string of the molecule is Cc1ccc2c(c1)C(NN)CCCO2. The summed E-state index contributed by atoms with van der Waals surface area (Å²) in [6.45, 7) is 2.87. The van der Waals surface area contributed by atoms with Crippen LogP contribution in [0, 0.1) is 6.92 Å². The van der Waals surface area contributed by atoms with E-state index in [1.807, 2.05) is 6.07 Å².